The minimum Gasteiger partial charge on any atom is -0.396 e. The monoisotopic (exact) mass is 181 g/mol. The number of nitrogens with two attached hydrogens (primary N) is 1. The average Bonchev–Trinajstić information content (AvgIpc) is 1.86. The van der Waals surface area contributed by atoms with Crippen molar-refractivity contribution in [3.8, 4) is 0 Å². The summed E-state index contributed by atoms with van der Waals surface area (Å²) in [5.74, 6) is 1.21. The van der Waals surface area contributed by atoms with Gasteiger partial charge in [-0.1, -0.05) is 13.8 Å². The van der Waals surface area contributed by atoms with Gasteiger partial charge in [-0.15, -0.1) is 12.4 Å². The normalized spacial score (nSPS) is 12.8. The predicted octanol–water partition coefficient (Wildman–Crippen LogP) is 1.41. The quantitative estimate of drug-likeness (QED) is 0.674. The fraction of sp³-hybridized carbons (Fsp3) is 1.00. The van der Waals surface area contributed by atoms with E-state index in [1.807, 2.05) is 0 Å². The van der Waals surface area contributed by atoms with E-state index in [9.17, 15) is 0 Å². The molecule has 0 fully saturated rings. The topological polar surface area (TPSA) is 46.2 Å². The van der Waals surface area contributed by atoms with E-state index in [0.29, 0.717) is 18.4 Å². The summed E-state index contributed by atoms with van der Waals surface area (Å²) < 4.78 is 0. The molecule has 0 bridgehead atoms. The summed E-state index contributed by atoms with van der Waals surface area (Å²) in [6, 6.07) is 0. The SMILES string of the molecule is CC(C)CC(CN)CCO.Cl. The summed E-state index contributed by atoms with van der Waals surface area (Å²) in [6.07, 6.45) is 1.99. The van der Waals surface area contributed by atoms with Crippen LogP contribution in [0.5, 0.6) is 0 Å². The molecule has 0 radical (unpaired) electrons. The van der Waals surface area contributed by atoms with Crippen LogP contribution in [0.15, 0.2) is 0 Å². The average molecular weight is 182 g/mol. The molecule has 0 aliphatic rings. The van der Waals surface area contributed by atoms with Crippen LogP contribution >= 0.6 is 12.4 Å². The molecular formula is C8H20ClNO. The van der Waals surface area contributed by atoms with Crippen molar-refractivity contribution in [2.75, 3.05) is 13.2 Å². The first-order valence-electron chi connectivity index (χ1n) is 4.01. The molecule has 0 saturated carbocycles. The van der Waals surface area contributed by atoms with Crippen LogP contribution in [0.3, 0.4) is 0 Å². The minimum absolute atomic E-state index is 0. The van der Waals surface area contributed by atoms with Gasteiger partial charge in [-0.25, -0.2) is 0 Å². The van der Waals surface area contributed by atoms with Crippen LogP contribution in [0.25, 0.3) is 0 Å². The van der Waals surface area contributed by atoms with Crippen LogP contribution in [0.2, 0.25) is 0 Å². The maximum Gasteiger partial charge on any atom is 0.0434 e. The highest BCUT2D eigenvalue weighted by molar-refractivity contribution is 5.85. The summed E-state index contributed by atoms with van der Waals surface area (Å²) in [5.41, 5.74) is 5.50. The lowest BCUT2D eigenvalue weighted by Crippen LogP contribution is -2.17. The molecule has 1 atom stereocenters. The van der Waals surface area contributed by atoms with Crippen molar-refractivity contribution in [1.29, 1.82) is 0 Å². The Kier molecular flexibility index (Phi) is 10.4. The van der Waals surface area contributed by atoms with Crippen molar-refractivity contribution < 1.29 is 5.11 Å². The van der Waals surface area contributed by atoms with Gasteiger partial charge in [-0.3, -0.25) is 0 Å². The lowest BCUT2D eigenvalue weighted by Gasteiger charge is -2.14. The Morgan fingerprint density at radius 3 is 2.18 bits per heavy atom. The van der Waals surface area contributed by atoms with Crippen LogP contribution in [0, 0.1) is 11.8 Å². The third-order valence-electron chi connectivity index (χ3n) is 1.68. The van der Waals surface area contributed by atoms with Crippen molar-refractivity contribution in [1.82, 2.24) is 0 Å². The summed E-state index contributed by atoms with van der Waals surface area (Å²) >= 11 is 0. The number of hydrogen-bond acceptors (Lipinski definition) is 2. The summed E-state index contributed by atoms with van der Waals surface area (Å²) in [7, 11) is 0. The van der Waals surface area contributed by atoms with E-state index in [1.165, 1.54) is 0 Å². The molecule has 0 rings (SSSR count). The zero-order valence-electron chi connectivity index (χ0n) is 7.42. The second-order valence-electron chi connectivity index (χ2n) is 3.24. The molecule has 3 heteroatoms. The molecule has 0 saturated heterocycles. The molecule has 0 heterocycles. The van der Waals surface area contributed by atoms with Gasteiger partial charge in [0.15, 0.2) is 0 Å². The molecule has 0 spiro atoms. The zero-order chi connectivity index (χ0) is 7.98. The number of halogens is 1. The molecule has 11 heavy (non-hydrogen) atoms. The molecule has 0 amide bonds. The van der Waals surface area contributed by atoms with E-state index in [-0.39, 0.29) is 19.0 Å². The lowest BCUT2D eigenvalue weighted by molar-refractivity contribution is 0.245. The van der Waals surface area contributed by atoms with Gasteiger partial charge in [0, 0.05) is 6.61 Å². The highest BCUT2D eigenvalue weighted by atomic mass is 35.5. The third kappa shape index (κ3) is 8.11. The fourth-order valence-corrected chi connectivity index (χ4v) is 1.18. The van der Waals surface area contributed by atoms with Gasteiger partial charge >= 0.3 is 0 Å². The van der Waals surface area contributed by atoms with E-state index in [0.717, 1.165) is 12.8 Å². The third-order valence-corrected chi connectivity index (χ3v) is 1.68. The van der Waals surface area contributed by atoms with Crippen molar-refractivity contribution >= 4 is 12.4 Å². The second-order valence-corrected chi connectivity index (χ2v) is 3.24. The molecule has 2 nitrogen and oxygen atoms in total. The largest absolute Gasteiger partial charge is 0.396 e. The Balaban J connectivity index is 0. The Hall–Kier alpha value is 0.210. The number of rotatable bonds is 5. The maximum absolute atomic E-state index is 8.63. The van der Waals surface area contributed by atoms with Crippen molar-refractivity contribution in [3.63, 3.8) is 0 Å². The number of hydrogen-bond donors (Lipinski definition) is 2. The van der Waals surface area contributed by atoms with E-state index in [1.54, 1.807) is 0 Å². The van der Waals surface area contributed by atoms with Gasteiger partial charge in [0.1, 0.15) is 0 Å². The Labute approximate surface area is 75.6 Å². The Morgan fingerprint density at radius 1 is 1.36 bits per heavy atom. The maximum atomic E-state index is 8.63. The van der Waals surface area contributed by atoms with E-state index in [2.05, 4.69) is 13.8 Å². The molecule has 0 aliphatic carbocycles. The highest BCUT2D eigenvalue weighted by Gasteiger charge is 2.07. The molecule has 0 aromatic carbocycles. The first-order chi connectivity index (χ1) is 4.70. The van der Waals surface area contributed by atoms with Gasteiger partial charge in [0.25, 0.3) is 0 Å². The van der Waals surface area contributed by atoms with E-state index in [4.69, 9.17) is 10.8 Å². The fourth-order valence-electron chi connectivity index (χ4n) is 1.18. The van der Waals surface area contributed by atoms with Crippen LogP contribution in [-0.4, -0.2) is 18.3 Å². The van der Waals surface area contributed by atoms with E-state index >= 15 is 0 Å². The molecule has 1 unspecified atom stereocenters. The Morgan fingerprint density at radius 2 is 1.91 bits per heavy atom. The molecule has 3 N–H and O–H groups in total. The van der Waals surface area contributed by atoms with Gasteiger partial charge in [0.2, 0.25) is 0 Å². The summed E-state index contributed by atoms with van der Waals surface area (Å²) in [6.45, 7) is 5.34. The minimum atomic E-state index is 0. The highest BCUT2D eigenvalue weighted by Crippen LogP contribution is 2.12. The van der Waals surface area contributed by atoms with Gasteiger partial charge in [0.05, 0.1) is 0 Å². The van der Waals surface area contributed by atoms with Crippen molar-refractivity contribution in [2.45, 2.75) is 26.7 Å². The van der Waals surface area contributed by atoms with Gasteiger partial charge in [-0.05, 0) is 31.2 Å². The molecule has 0 aromatic rings. The smallest absolute Gasteiger partial charge is 0.0434 e. The van der Waals surface area contributed by atoms with Crippen molar-refractivity contribution in [3.05, 3.63) is 0 Å². The predicted molar refractivity (Wildman–Crippen MR) is 51.0 cm³/mol. The number of aliphatic hydroxyl groups is 1. The first kappa shape index (κ1) is 13.8. The summed E-state index contributed by atoms with van der Waals surface area (Å²) in [5, 5.41) is 8.63. The summed E-state index contributed by atoms with van der Waals surface area (Å²) in [4.78, 5) is 0. The van der Waals surface area contributed by atoms with Crippen LogP contribution < -0.4 is 5.73 Å². The van der Waals surface area contributed by atoms with Gasteiger partial charge < -0.3 is 10.8 Å². The zero-order valence-corrected chi connectivity index (χ0v) is 8.23. The lowest BCUT2D eigenvalue weighted by atomic mass is 9.95. The van der Waals surface area contributed by atoms with E-state index < -0.39 is 0 Å². The van der Waals surface area contributed by atoms with Gasteiger partial charge in [-0.2, -0.15) is 0 Å². The van der Waals surface area contributed by atoms with Crippen LogP contribution in [0.4, 0.5) is 0 Å². The molecule has 0 aliphatic heterocycles. The van der Waals surface area contributed by atoms with Crippen LogP contribution in [0.1, 0.15) is 26.7 Å². The first-order valence-corrected chi connectivity index (χ1v) is 4.01. The standard InChI is InChI=1S/C8H19NO.ClH/c1-7(2)5-8(6-9)3-4-10;/h7-8,10H,3-6,9H2,1-2H3;1H. The molecule has 70 valence electrons. The molecular weight excluding hydrogens is 162 g/mol. The van der Waals surface area contributed by atoms with Crippen LogP contribution in [-0.2, 0) is 0 Å². The second kappa shape index (κ2) is 8.31. The van der Waals surface area contributed by atoms with Crippen molar-refractivity contribution in [2.24, 2.45) is 17.6 Å². The molecule has 0 aromatic heterocycles. The Bertz CT molecular complexity index is 78.5. The number of aliphatic hydroxyl groups excluding tert-OH is 1.